The summed E-state index contributed by atoms with van der Waals surface area (Å²) in [4.78, 5) is 8.09. The molecule has 1 aliphatic carbocycles. The van der Waals surface area contributed by atoms with Crippen molar-refractivity contribution >= 4 is 15.8 Å². The summed E-state index contributed by atoms with van der Waals surface area (Å²) < 4.78 is 23.4. The molecule has 0 spiro atoms. The van der Waals surface area contributed by atoms with Gasteiger partial charge in [0.05, 0.1) is 18.1 Å². The van der Waals surface area contributed by atoms with E-state index in [4.69, 9.17) is 0 Å². The molecule has 0 atom stereocenters. The van der Waals surface area contributed by atoms with E-state index in [9.17, 15) is 8.42 Å². The topological polar surface area (TPSA) is 53.0 Å². The monoisotopic (exact) mass is 261 g/mol. The Kier molecular flexibility index (Phi) is 4.80. The van der Waals surface area contributed by atoms with E-state index in [0.717, 1.165) is 18.8 Å². The third-order valence-electron chi connectivity index (χ3n) is 2.64. The van der Waals surface area contributed by atoms with Crippen LogP contribution in [0.15, 0.2) is 4.99 Å². The van der Waals surface area contributed by atoms with Gasteiger partial charge in [0.25, 0.3) is 0 Å². The molecule has 0 saturated heterocycles. The van der Waals surface area contributed by atoms with Gasteiger partial charge in [0.2, 0.25) is 0 Å². The van der Waals surface area contributed by atoms with E-state index in [2.05, 4.69) is 4.99 Å². The van der Waals surface area contributed by atoms with Crippen LogP contribution in [0.5, 0.6) is 0 Å². The lowest BCUT2D eigenvalue weighted by molar-refractivity contribution is 0.480. The van der Waals surface area contributed by atoms with Crippen LogP contribution in [-0.4, -0.2) is 70.4 Å². The van der Waals surface area contributed by atoms with Crippen molar-refractivity contribution in [2.45, 2.75) is 12.8 Å². The third-order valence-corrected chi connectivity index (χ3v) is 4.43. The molecular formula is C11H23N3O2S. The summed E-state index contributed by atoms with van der Waals surface area (Å²) in [5.41, 5.74) is 0. The molecule has 100 valence electrons. The molecule has 1 fully saturated rings. The maximum absolute atomic E-state index is 11.7. The second kappa shape index (κ2) is 5.71. The predicted octanol–water partition coefficient (Wildman–Crippen LogP) is 0.290. The van der Waals surface area contributed by atoms with Gasteiger partial charge in [-0.3, -0.25) is 4.99 Å². The molecule has 17 heavy (non-hydrogen) atoms. The Morgan fingerprint density at radius 2 is 1.71 bits per heavy atom. The minimum absolute atomic E-state index is 0.161. The van der Waals surface area contributed by atoms with Gasteiger partial charge in [-0.05, 0) is 18.8 Å². The van der Waals surface area contributed by atoms with Crippen molar-refractivity contribution in [3.63, 3.8) is 0 Å². The van der Waals surface area contributed by atoms with Crippen molar-refractivity contribution in [1.29, 1.82) is 0 Å². The van der Waals surface area contributed by atoms with Crippen LogP contribution in [0.2, 0.25) is 0 Å². The van der Waals surface area contributed by atoms with Crippen LogP contribution in [0.1, 0.15) is 12.8 Å². The van der Waals surface area contributed by atoms with Crippen molar-refractivity contribution in [1.82, 2.24) is 9.80 Å². The van der Waals surface area contributed by atoms with E-state index in [0.29, 0.717) is 18.2 Å². The van der Waals surface area contributed by atoms with Crippen LogP contribution >= 0.6 is 0 Å². The highest BCUT2D eigenvalue weighted by atomic mass is 32.2. The lowest BCUT2D eigenvalue weighted by Crippen LogP contribution is -2.35. The molecule has 0 bridgehead atoms. The molecule has 6 heteroatoms. The standard InChI is InChI=1S/C11H23N3O2S/c1-13(2)11(14(3)4)12-7-8-17(15,16)9-10-5-6-10/h10H,5-9H2,1-4H3. The quantitative estimate of drug-likeness (QED) is 0.527. The summed E-state index contributed by atoms with van der Waals surface area (Å²) in [6, 6.07) is 0. The number of nitrogens with zero attached hydrogens (tertiary/aromatic N) is 3. The number of aliphatic imine (C=N–C) groups is 1. The van der Waals surface area contributed by atoms with Crippen LogP contribution < -0.4 is 0 Å². The van der Waals surface area contributed by atoms with Crippen LogP contribution in [0.25, 0.3) is 0 Å². The molecule has 0 unspecified atom stereocenters. The molecule has 0 aliphatic heterocycles. The molecule has 0 amide bonds. The first kappa shape index (κ1) is 14.3. The van der Waals surface area contributed by atoms with Gasteiger partial charge in [0.15, 0.2) is 15.8 Å². The van der Waals surface area contributed by atoms with E-state index in [1.165, 1.54) is 0 Å². The zero-order chi connectivity index (χ0) is 13.1. The maximum Gasteiger partial charge on any atom is 0.195 e. The summed E-state index contributed by atoms with van der Waals surface area (Å²) in [6.07, 6.45) is 2.15. The Balaban J connectivity index is 2.45. The lowest BCUT2D eigenvalue weighted by atomic mass is 10.5. The Labute approximate surface area is 104 Å². The average molecular weight is 261 g/mol. The zero-order valence-corrected chi connectivity index (χ0v) is 12.0. The van der Waals surface area contributed by atoms with Crippen molar-refractivity contribution in [2.75, 3.05) is 46.2 Å². The zero-order valence-electron chi connectivity index (χ0n) is 11.2. The molecule has 1 saturated carbocycles. The molecular weight excluding hydrogens is 238 g/mol. The van der Waals surface area contributed by atoms with E-state index in [1.54, 1.807) is 0 Å². The molecule has 0 N–H and O–H groups in total. The molecule has 0 aromatic carbocycles. The highest BCUT2D eigenvalue weighted by Crippen LogP contribution is 2.30. The van der Waals surface area contributed by atoms with Gasteiger partial charge >= 0.3 is 0 Å². The van der Waals surface area contributed by atoms with Gasteiger partial charge in [-0.15, -0.1) is 0 Å². The van der Waals surface area contributed by atoms with E-state index >= 15 is 0 Å². The second-order valence-electron chi connectivity index (χ2n) is 5.03. The first-order valence-corrected chi connectivity index (χ1v) is 7.73. The van der Waals surface area contributed by atoms with E-state index < -0.39 is 9.84 Å². The minimum atomic E-state index is -2.91. The molecule has 0 radical (unpaired) electrons. The summed E-state index contributed by atoms with van der Waals surface area (Å²) in [5.74, 6) is 1.73. The normalized spacial score (nSPS) is 15.5. The van der Waals surface area contributed by atoms with Crippen LogP contribution in [-0.2, 0) is 9.84 Å². The fraction of sp³-hybridized carbons (Fsp3) is 0.909. The Morgan fingerprint density at radius 1 is 1.18 bits per heavy atom. The van der Waals surface area contributed by atoms with Gasteiger partial charge in [0, 0.05) is 28.2 Å². The van der Waals surface area contributed by atoms with Crippen LogP contribution in [0.3, 0.4) is 0 Å². The molecule has 5 nitrogen and oxygen atoms in total. The van der Waals surface area contributed by atoms with Crippen molar-refractivity contribution < 1.29 is 8.42 Å². The minimum Gasteiger partial charge on any atom is -0.349 e. The summed E-state index contributed by atoms with van der Waals surface area (Å²) in [5, 5.41) is 0. The number of hydrogen-bond acceptors (Lipinski definition) is 3. The first-order valence-electron chi connectivity index (χ1n) is 5.91. The highest BCUT2D eigenvalue weighted by Gasteiger charge is 2.27. The Bertz CT molecular complexity index is 360. The highest BCUT2D eigenvalue weighted by molar-refractivity contribution is 7.91. The van der Waals surface area contributed by atoms with Gasteiger partial charge in [0.1, 0.15) is 0 Å². The molecule has 0 aromatic rings. The van der Waals surface area contributed by atoms with Crippen molar-refractivity contribution in [2.24, 2.45) is 10.9 Å². The van der Waals surface area contributed by atoms with E-state index in [-0.39, 0.29) is 5.75 Å². The third kappa shape index (κ3) is 5.39. The number of hydrogen-bond donors (Lipinski definition) is 0. The summed E-state index contributed by atoms with van der Waals surface area (Å²) in [6.45, 7) is 0.348. The Morgan fingerprint density at radius 3 is 2.12 bits per heavy atom. The second-order valence-corrected chi connectivity index (χ2v) is 7.26. The van der Waals surface area contributed by atoms with Gasteiger partial charge < -0.3 is 9.80 Å². The Hall–Kier alpha value is -0.780. The summed E-state index contributed by atoms with van der Waals surface area (Å²) in [7, 11) is 4.69. The predicted molar refractivity (Wildman–Crippen MR) is 71.1 cm³/mol. The molecule has 1 aliphatic rings. The van der Waals surface area contributed by atoms with E-state index in [1.807, 2.05) is 38.0 Å². The molecule has 0 heterocycles. The number of guanidine groups is 1. The average Bonchev–Trinajstić information content (AvgIpc) is 2.94. The maximum atomic E-state index is 11.7. The first-order chi connectivity index (χ1) is 7.82. The van der Waals surface area contributed by atoms with Gasteiger partial charge in [-0.1, -0.05) is 0 Å². The fourth-order valence-electron chi connectivity index (χ4n) is 1.69. The lowest BCUT2D eigenvalue weighted by Gasteiger charge is -2.22. The molecule has 1 rings (SSSR count). The van der Waals surface area contributed by atoms with Crippen molar-refractivity contribution in [3.05, 3.63) is 0 Å². The molecule has 0 aromatic heterocycles. The van der Waals surface area contributed by atoms with Crippen LogP contribution in [0.4, 0.5) is 0 Å². The largest absolute Gasteiger partial charge is 0.349 e. The SMILES string of the molecule is CN(C)C(=NCCS(=O)(=O)CC1CC1)N(C)C. The number of sulfone groups is 1. The van der Waals surface area contributed by atoms with Gasteiger partial charge in [-0.25, -0.2) is 8.42 Å². The summed E-state index contributed by atoms with van der Waals surface area (Å²) >= 11 is 0. The smallest absolute Gasteiger partial charge is 0.195 e. The van der Waals surface area contributed by atoms with Crippen molar-refractivity contribution in [3.8, 4) is 0 Å². The fourth-order valence-corrected chi connectivity index (χ4v) is 3.28. The van der Waals surface area contributed by atoms with Gasteiger partial charge in [-0.2, -0.15) is 0 Å². The van der Waals surface area contributed by atoms with Crippen LogP contribution in [0, 0.1) is 5.92 Å². The number of rotatable bonds is 5.